The Morgan fingerprint density at radius 2 is 1.92 bits per heavy atom. The van der Waals surface area contributed by atoms with Crippen LogP contribution in [0.4, 0.5) is 14.5 Å². The highest BCUT2D eigenvalue weighted by atomic mass is 19.1. The Balaban J connectivity index is 3.17. The summed E-state index contributed by atoms with van der Waals surface area (Å²) in [6.45, 7) is 2.16. The Morgan fingerprint density at radius 1 is 1.38 bits per heavy atom. The molecule has 0 saturated heterocycles. The van der Waals surface area contributed by atoms with Gasteiger partial charge >= 0.3 is 0 Å². The fourth-order valence-corrected chi connectivity index (χ4v) is 0.983. The van der Waals surface area contributed by atoms with Crippen LogP contribution in [-0.2, 0) is 0 Å². The molecular weight excluding hydrogens is 174 g/mol. The number of nitriles is 1. The van der Waals surface area contributed by atoms with Gasteiger partial charge in [0.25, 0.3) is 0 Å². The molecule has 1 aromatic rings. The number of nitrogens with zero attached hydrogens (tertiary/aromatic N) is 1. The van der Waals surface area contributed by atoms with Crippen molar-refractivity contribution < 1.29 is 8.78 Å². The van der Waals surface area contributed by atoms with Crippen molar-refractivity contribution in [1.82, 2.24) is 0 Å². The van der Waals surface area contributed by atoms with Gasteiger partial charge < -0.3 is 5.32 Å². The summed E-state index contributed by atoms with van der Waals surface area (Å²) >= 11 is 0. The van der Waals surface area contributed by atoms with Crippen molar-refractivity contribution >= 4 is 5.69 Å². The van der Waals surface area contributed by atoms with E-state index in [1.165, 1.54) is 0 Å². The number of halogens is 2. The number of benzene rings is 1. The van der Waals surface area contributed by atoms with E-state index in [-0.39, 0.29) is 11.3 Å². The SMILES string of the molecule is CCNc1c(F)cc(C#N)cc1F. The van der Waals surface area contributed by atoms with Crippen LogP contribution < -0.4 is 5.32 Å². The van der Waals surface area contributed by atoms with Crippen LogP contribution in [0, 0.1) is 23.0 Å². The van der Waals surface area contributed by atoms with E-state index in [1.54, 1.807) is 13.0 Å². The topological polar surface area (TPSA) is 35.8 Å². The van der Waals surface area contributed by atoms with Crippen LogP contribution in [0.1, 0.15) is 12.5 Å². The zero-order valence-electron chi connectivity index (χ0n) is 7.06. The molecule has 2 nitrogen and oxygen atoms in total. The van der Waals surface area contributed by atoms with Gasteiger partial charge in [-0.3, -0.25) is 0 Å². The van der Waals surface area contributed by atoms with E-state index in [0.717, 1.165) is 12.1 Å². The van der Waals surface area contributed by atoms with Gasteiger partial charge in [0.2, 0.25) is 0 Å². The molecule has 0 unspecified atom stereocenters. The van der Waals surface area contributed by atoms with Gasteiger partial charge in [0.05, 0.1) is 11.6 Å². The number of nitrogens with one attached hydrogen (secondary N) is 1. The molecule has 0 aliphatic heterocycles. The highest BCUT2D eigenvalue weighted by molar-refractivity contribution is 5.50. The third kappa shape index (κ3) is 1.94. The number of hydrogen-bond donors (Lipinski definition) is 1. The van der Waals surface area contributed by atoms with Gasteiger partial charge in [0, 0.05) is 6.54 Å². The molecule has 0 saturated carbocycles. The van der Waals surface area contributed by atoms with Crippen molar-refractivity contribution in [2.24, 2.45) is 0 Å². The third-order valence-corrected chi connectivity index (χ3v) is 1.52. The second-order valence-corrected chi connectivity index (χ2v) is 2.46. The van der Waals surface area contributed by atoms with Crippen LogP contribution in [0.2, 0.25) is 0 Å². The summed E-state index contributed by atoms with van der Waals surface area (Å²) in [5, 5.41) is 10.9. The van der Waals surface area contributed by atoms with Gasteiger partial charge in [-0.15, -0.1) is 0 Å². The highest BCUT2D eigenvalue weighted by Crippen LogP contribution is 2.19. The highest BCUT2D eigenvalue weighted by Gasteiger charge is 2.09. The Bertz CT molecular complexity index is 332. The second kappa shape index (κ2) is 3.85. The molecule has 1 aromatic carbocycles. The number of anilines is 1. The Morgan fingerprint density at radius 3 is 2.31 bits per heavy atom. The first-order valence-corrected chi connectivity index (χ1v) is 3.82. The van der Waals surface area contributed by atoms with Gasteiger partial charge in [-0.05, 0) is 19.1 Å². The first-order chi connectivity index (χ1) is 6.19. The first kappa shape index (κ1) is 9.46. The molecule has 4 heteroatoms. The zero-order chi connectivity index (χ0) is 9.84. The van der Waals surface area contributed by atoms with Gasteiger partial charge in [0.15, 0.2) is 11.6 Å². The van der Waals surface area contributed by atoms with E-state index >= 15 is 0 Å². The summed E-state index contributed by atoms with van der Waals surface area (Å²) in [4.78, 5) is 0. The molecule has 68 valence electrons. The summed E-state index contributed by atoms with van der Waals surface area (Å²) in [6.07, 6.45) is 0. The predicted molar refractivity (Wildman–Crippen MR) is 45.2 cm³/mol. The molecule has 0 radical (unpaired) electrons. The summed E-state index contributed by atoms with van der Waals surface area (Å²) < 4.78 is 26.1. The lowest BCUT2D eigenvalue weighted by atomic mass is 10.2. The van der Waals surface area contributed by atoms with Crippen LogP contribution >= 0.6 is 0 Å². The van der Waals surface area contributed by atoms with E-state index in [2.05, 4.69) is 5.32 Å². The largest absolute Gasteiger partial charge is 0.381 e. The molecule has 0 atom stereocenters. The lowest BCUT2D eigenvalue weighted by Gasteiger charge is -2.05. The van der Waals surface area contributed by atoms with Crippen molar-refractivity contribution in [3.63, 3.8) is 0 Å². The fraction of sp³-hybridized carbons (Fsp3) is 0.222. The van der Waals surface area contributed by atoms with Crippen molar-refractivity contribution in [2.75, 3.05) is 11.9 Å². The summed E-state index contributed by atoms with van der Waals surface area (Å²) in [6, 6.07) is 3.67. The second-order valence-electron chi connectivity index (χ2n) is 2.46. The standard InChI is InChI=1S/C9H8F2N2/c1-2-13-9-7(10)3-6(5-12)4-8(9)11/h3-4,13H,2H2,1H3. The lowest BCUT2D eigenvalue weighted by Crippen LogP contribution is -2.02. The molecule has 0 aromatic heterocycles. The Labute approximate surface area is 74.8 Å². The molecule has 0 spiro atoms. The maximum atomic E-state index is 13.0. The van der Waals surface area contributed by atoms with E-state index in [9.17, 15) is 8.78 Å². The van der Waals surface area contributed by atoms with Crippen LogP contribution in [0.15, 0.2) is 12.1 Å². The number of hydrogen-bond acceptors (Lipinski definition) is 2. The van der Waals surface area contributed by atoms with Gasteiger partial charge in [-0.2, -0.15) is 5.26 Å². The zero-order valence-corrected chi connectivity index (χ0v) is 7.06. The molecule has 0 aliphatic carbocycles. The van der Waals surface area contributed by atoms with Crippen molar-refractivity contribution in [3.05, 3.63) is 29.3 Å². The van der Waals surface area contributed by atoms with Crippen molar-refractivity contribution in [1.29, 1.82) is 5.26 Å². The Hall–Kier alpha value is -1.63. The quantitative estimate of drug-likeness (QED) is 0.761. The summed E-state index contributed by atoms with van der Waals surface area (Å²) in [5.74, 6) is -1.48. The average Bonchev–Trinajstić information content (AvgIpc) is 2.11. The fourth-order valence-electron chi connectivity index (χ4n) is 0.983. The smallest absolute Gasteiger partial charge is 0.150 e. The van der Waals surface area contributed by atoms with E-state index < -0.39 is 11.6 Å². The molecule has 0 aliphatic rings. The lowest BCUT2D eigenvalue weighted by molar-refractivity contribution is 0.588. The van der Waals surface area contributed by atoms with Gasteiger partial charge in [-0.25, -0.2) is 8.78 Å². The molecular formula is C9H8F2N2. The summed E-state index contributed by atoms with van der Waals surface area (Å²) in [7, 11) is 0. The molecule has 1 N–H and O–H groups in total. The normalized spacial score (nSPS) is 9.38. The Kier molecular flexibility index (Phi) is 2.80. The average molecular weight is 182 g/mol. The molecule has 0 heterocycles. The van der Waals surface area contributed by atoms with E-state index in [1.807, 2.05) is 0 Å². The van der Waals surface area contributed by atoms with Crippen LogP contribution in [0.3, 0.4) is 0 Å². The van der Waals surface area contributed by atoms with Crippen molar-refractivity contribution in [3.8, 4) is 6.07 Å². The van der Waals surface area contributed by atoms with E-state index in [4.69, 9.17) is 5.26 Å². The monoisotopic (exact) mass is 182 g/mol. The molecule has 0 fully saturated rings. The molecule has 0 bridgehead atoms. The maximum Gasteiger partial charge on any atom is 0.150 e. The molecule has 1 rings (SSSR count). The van der Waals surface area contributed by atoms with Crippen LogP contribution in [-0.4, -0.2) is 6.54 Å². The van der Waals surface area contributed by atoms with Crippen LogP contribution in [0.5, 0.6) is 0 Å². The maximum absolute atomic E-state index is 13.0. The molecule has 0 amide bonds. The van der Waals surface area contributed by atoms with Crippen molar-refractivity contribution in [2.45, 2.75) is 6.92 Å². The predicted octanol–water partition coefficient (Wildman–Crippen LogP) is 2.27. The minimum atomic E-state index is -0.738. The number of rotatable bonds is 2. The first-order valence-electron chi connectivity index (χ1n) is 3.82. The molecule has 13 heavy (non-hydrogen) atoms. The van der Waals surface area contributed by atoms with Crippen LogP contribution in [0.25, 0.3) is 0 Å². The van der Waals surface area contributed by atoms with Gasteiger partial charge in [0.1, 0.15) is 5.69 Å². The van der Waals surface area contributed by atoms with Gasteiger partial charge in [-0.1, -0.05) is 0 Å². The minimum Gasteiger partial charge on any atom is -0.381 e. The summed E-state index contributed by atoms with van der Waals surface area (Å²) in [5.41, 5.74) is -0.196. The van der Waals surface area contributed by atoms with E-state index in [0.29, 0.717) is 6.54 Å². The minimum absolute atomic E-state index is 0.0170. The third-order valence-electron chi connectivity index (χ3n) is 1.52.